The van der Waals surface area contributed by atoms with Crippen molar-refractivity contribution in [2.45, 2.75) is 19.5 Å². The highest BCUT2D eigenvalue weighted by molar-refractivity contribution is 5.79. The molecule has 2 aromatic heterocycles. The number of aromatic amines is 1. The summed E-state index contributed by atoms with van der Waals surface area (Å²) in [4.78, 5) is 49.3. The molecule has 1 aliphatic rings. The third kappa shape index (κ3) is 5.30. The lowest BCUT2D eigenvalue weighted by Gasteiger charge is -2.28. The number of carbonyl (C=O) groups is 1. The van der Waals surface area contributed by atoms with E-state index < -0.39 is 11.2 Å². The number of nitrogens with zero attached hydrogens (tertiary/aromatic N) is 4. The summed E-state index contributed by atoms with van der Waals surface area (Å²) in [7, 11) is 0. The first-order valence-corrected chi connectivity index (χ1v) is 10.8. The molecule has 9 nitrogen and oxygen atoms in total. The first-order chi connectivity index (χ1) is 15.6. The number of amides is 1. The van der Waals surface area contributed by atoms with Crippen LogP contribution in [0.4, 0.5) is 0 Å². The summed E-state index contributed by atoms with van der Waals surface area (Å²) in [6.07, 6.45) is 4.16. The molecule has 0 bridgehead atoms. The smallest absolute Gasteiger partial charge is 0.329 e. The molecule has 1 fully saturated rings. The van der Waals surface area contributed by atoms with Crippen LogP contribution in [0.25, 0.3) is 10.9 Å². The normalized spacial score (nSPS) is 14.5. The van der Waals surface area contributed by atoms with Gasteiger partial charge in [-0.3, -0.25) is 24.0 Å². The summed E-state index contributed by atoms with van der Waals surface area (Å²) in [5.41, 5.74) is 0.360. The second-order valence-corrected chi connectivity index (χ2v) is 7.85. The van der Waals surface area contributed by atoms with Gasteiger partial charge in [0.25, 0.3) is 5.56 Å². The highest BCUT2D eigenvalue weighted by Crippen LogP contribution is 2.08. The number of aromatic nitrogens is 3. The first kappa shape index (κ1) is 21.9. The molecule has 1 saturated heterocycles. The largest absolute Gasteiger partial charge is 0.379 e. The Bertz CT molecular complexity index is 1170. The van der Waals surface area contributed by atoms with Crippen LogP contribution in [0.2, 0.25) is 0 Å². The molecule has 1 amide bonds. The lowest BCUT2D eigenvalue weighted by atomic mass is 10.2. The number of pyridine rings is 1. The molecule has 1 N–H and O–H groups in total. The fraction of sp³-hybridized carbons (Fsp3) is 0.391. The standard InChI is InChI=1S/C23H27N5O4/c29-21(17-28-22(30)19-4-1-2-5-20(19)25-23(28)31)27(16-18-6-8-24-9-7-18)11-3-10-26-12-14-32-15-13-26/h1-2,4-9H,3,10-17H2,(H,25,31). The highest BCUT2D eigenvalue weighted by Gasteiger charge is 2.18. The van der Waals surface area contributed by atoms with E-state index in [9.17, 15) is 14.4 Å². The summed E-state index contributed by atoms with van der Waals surface area (Å²) in [6.45, 7) is 4.71. The number of para-hydroxylation sites is 1. The van der Waals surface area contributed by atoms with Gasteiger partial charge in [0.05, 0.1) is 24.1 Å². The number of ether oxygens (including phenoxy) is 1. The number of carbonyl (C=O) groups excluding carboxylic acids is 1. The number of fused-ring (bicyclic) bond motifs is 1. The van der Waals surface area contributed by atoms with Crippen molar-refractivity contribution in [1.82, 2.24) is 24.3 Å². The minimum atomic E-state index is -0.584. The number of morpholine rings is 1. The number of rotatable bonds is 8. The maximum absolute atomic E-state index is 13.2. The highest BCUT2D eigenvalue weighted by atomic mass is 16.5. The predicted octanol–water partition coefficient (Wildman–Crippen LogP) is 0.836. The minimum Gasteiger partial charge on any atom is -0.379 e. The van der Waals surface area contributed by atoms with E-state index in [1.807, 2.05) is 12.1 Å². The van der Waals surface area contributed by atoms with Gasteiger partial charge >= 0.3 is 5.69 Å². The lowest BCUT2D eigenvalue weighted by molar-refractivity contribution is -0.132. The first-order valence-electron chi connectivity index (χ1n) is 10.8. The van der Waals surface area contributed by atoms with Gasteiger partial charge in [-0.2, -0.15) is 0 Å². The third-order valence-corrected chi connectivity index (χ3v) is 5.66. The van der Waals surface area contributed by atoms with E-state index in [1.165, 1.54) is 0 Å². The number of H-pyrrole nitrogens is 1. The summed E-state index contributed by atoms with van der Waals surface area (Å²) >= 11 is 0. The quantitative estimate of drug-likeness (QED) is 0.561. The third-order valence-electron chi connectivity index (χ3n) is 5.66. The fourth-order valence-electron chi connectivity index (χ4n) is 3.89. The Morgan fingerprint density at radius 2 is 1.84 bits per heavy atom. The summed E-state index contributed by atoms with van der Waals surface area (Å²) in [5, 5.41) is 0.382. The van der Waals surface area contributed by atoms with Gasteiger partial charge in [-0.1, -0.05) is 12.1 Å². The zero-order valence-electron chi connectivity index (χ0n) is 17.9. The van der Waals surface area contributed by atoms with Crippen LogP contribution in [0.1, 0.15) is 12.0 Å². The van der Waals surface area contributed by atoms with Gasteiger partial charge in [-0.05, 0) is 36.2 Å². The van der Waals surface area contributed by atoms with Crippen LogP contribution in [0.5, 0.6) is 0 Å². The number of hydrogen-bond donors (Lipinski definition) is 1. The summed E-state index contributed by atoms with van der Waals surface area (Å²) in [5.74, 6) is -0.272. The topological polar surface area (TPSA) is 101 Å². The molecular weight excluding hydrogens is 410 g/mol. The summed E-state index contributed by atoms with van der Waals surface area (Å²) in [6, 6.07) is 10.5. The summed E-state index contributed by atoms with van der Waals surface area (Å²) < 4.78 is 6.37. The molecule has 0 atom stereocenters. The second-order valence-electron chi connectivity index (χ2n) is 7.85. The molecule has 0 saturated carbocycles. The van der Waals surface area contributed by atoms with Crippen LogP contribution >= 0.6 is 0 Å². The molecule has 0 aliphatic carbocycles. The maximum atomic E-state index is 13.2. The van der Waals surface area contributed by atoms with Crippen molar-refractivity contribution >= 4 is 16.8 Å². The van der Waals surface area contributed by atoms with Crippen molar-refractivity contribution in [3.05, 3.63) is 75.2 Å². The maximum Gasteiger partial charge on any atom is 0.329 e. The average Bonchev–Trinajstić information content (AvgIpc) is 2.82. The van der Waals surface area contributed by atoms with Crippen molar-refractivity contribution in [1.29, 1.82) is 0 Å². The Hall–Kier alpha value is -3.30. The van der Waals surface area contributed by atoms with Gasteiger partial charge in [-0.25, -0.2) is 4.79 Å². The molecule has 168 valence electrons. The van der Waals surface area contributed by atoms with Gasteiger partial charge < -0.3 is 14.6 Å². The Balaban J connectivity index is 1.50. The van der Waals surface area contributed by atoms with Crippen molar-refractivity contribution in [3.63, 3.8) is 0 Å². The molecular formula is C23H27N5O4. The van der Waals surface area contributed by atoms with E-state index in [0.717, 1.165) is 49.4 Å². The molecule has 3 aromatic rings. The molecule has 1 aromatic carbocycles. The monoisotopic (exact) mass is 437 g/mol. The van der Waals surface area contributed by atoms with E-state index in [2.05, 4.69) is 14.9 Å². The molecule has 1 aliphatic heterocycles. The SMILES string of the molecule is O=C(Cn1c(=O)[nH]c2ccccc2c1=O)N(CCCN1CCOCC1)Cc1ccncc1. The van der Waals surface area contributed by atoms with Gasteiger partial charge in [-0.15, -0.1) is 0 Å². The van der Waals surface area contributed by atoms with Crippen LogP contribution in [-0.2, 0) is 22.6 Å². The van der Waals surface area contributed by atoms with Gasteiger partial charge in [0, 0.05) is 45.1 Å². The van der Waals surface area contributed by atoms with E-state index in [1.54, 1.807) is 41.6 Å². The van der Waals surface area contributed by atoms with E-state index in [4.69, 9.17) is 4.74 Å². The van der Waals surface area contributed by atoms with Crippen molar-refractivity contribution < 1.29 is 9.53 Å². The van der Waals surface area contributed by atoms with Crippen LogP contribution < -0.4 is 11.2 Å². The Kier molecular flexibility index (Phi) is 7.08. The Morgan fingerprint density at radius 1 is 1.09 bits per heavy atom. The second kappa shape index (κ2) is 10.3. The average molecular weight is 438 g/mol. The Morgan fingerprint density at radius 3 is 2.62 bits per heavy atom. The van der Waals surface area contributed by atoms with Crippen LogP contribution in [-0.4, -0.2) is 69.6 Å². The van der Waals surface area contributed by atoms with E-state index >= 15 is 0 Å². The number of benzene rings is 1. The molecule has 0 unspecified atom stereocenters. The van der Waals surface area contributed by atoms with Crippen molar-refractivity contribution in [3.8, 4) is 0 Å². The van der Waals surface area contributed by atoms with Crippen LogP contribution in [0, 0.1) is 0 Å². The van der Waals surface area contributed by atoms with Crippen molar-refractivity contribution in [2.24, 2.45) is 0 Å². The van der Waals surface area contributed by atoms with Crippen molar-refractivity contribution in [2.75, 3.05) is 39.4 Å². The Labute approximate surface area is 185 Å². The molecule has 3 heterocycles. The molecule has 32 heavy (non-hydrogen) atoms. The molecule has 4 rings (SSSR count). The zero-order chi connectivity index (χ0) is 22.3. The minimum absolute atomic E-state index is 0.272. The molecule has 0 radical (unpaired) electrons. The fourth-order valence-corrected chi connectivity index (χ4v) is 3.89. The van der Waals surface area contributed by atoms with Crippen LogP contribution in [0.3, 0.4) is 0 Å². The van der Waals surface area contributed by atoms with E-state index in [-0.39, 0.29) is 12.5 Å². The molecule has 9 heteroatoms. The van der Waals surface area contributed by atoms with Crippen LogP contribution in [0.15, 0.2) is 58.4 Å². The number of hydrogen-bond acceptors (Lipinski definition) is 6. The predicted molar refractivity (Wildman–Crippen MR) is 120 cm³/mol. The van der Waals surface area contributed by atoms with E-state index in [0.29, 0.717) is 24.0 Å². The molecule has 0 spiro atoms. The van der Waals surface area contributed by atoms with Gasteiger partial charge in [0.15, 0.2) is 0 Å². The zero-order valence-corrected chi connectivity index (χ0v) is 17.9. The lowest BCUT2D eigenvalue weighted by Crippen LogP contribution is -2.43. The van der Waals surface area contributed by atoms with Gasteiger partial charge in [0.1, 0.15) is 6.54 Å². The van der Waals surface area contributed by atoms with Gasteiger partial charge in [0.2, 0.25) is 5.91 Å². The number of nitrogens with one attached hydrogen (secondary N) is 1.